The van der Waals surface area contributed by atoms with Crippen molar-refractivity contribution in [1.82, 2.24) is 9.66 Å². The van der Waals surface area contributed by atoms with Crippen LogP contribution in [0.5, 0.6) is 11.5 Å². The maximum absolute atomic E-state index is 13.8. The Bertz CT molecular complexity index is 1930. The summed E-state index contributed by atoms with van der Waals surface area (Å²) in [5.41, 5.74) is 4.74. The van der Waals surface area contributed by atoms with Crippen molar-refractivity contribution >= 4 is 72.2 Å². The molecule has 0 aliphatic carbocycles. The van der Waals surface area contributed by atoms with Crippen molar-refractivity contribution in [2.45, 2.75) is 40.2 Å². The average Bonchev–Trinajstić information content (AvgIpc) is 2.98. The van der Waals surface area contributed by atoms with Crippen molar-refractivity contribution in [3.63, 3.8) is 0 Å². The van der Waals surface area contributed by atoms with Crippen LogP contribution in [0.2, 0.25) is 10.0 Å². The quantitative estimate of drug-likeness (QED) is 0.141. The van der Waals surface area contributed by atoms with Crippen LogP contribution in [0.1, 0.15) is 48.9 Å². The topological polar surface area (TPSA) is 65.7 Å². The smallest absolute Gasteiger partial charge is 0.282 e. The van der Waals surface area contributed by atoms with Gasteiger partial charge in [0.1, 0.15) is 18.1 Å². The number of hydrogen-bond donors (Lipinski definition) is 0. The number of para-hydroxylation sites is 1. The Labute approximate surface area is 282 Å². The number of aromatic nitrogens is 2. The Balaban J connectivity index is 1.55. The molecule has 5 rings (SSSR count). The summed E-state index contributed by atoms with van der Waals surface area (Å²) in [7, 11) is 0. The lowest BCUT2D eigenvalue weighted by Gasteiger charge is -2.18. The second kappa shape index (κ2) is 13.9. The van der Waals surface area contributed by atoms with Gasteiger partial charge in [0.15, 0.2) is 5.82 Å². The van der Waals surface area contributed by atoms with Gasteiger partial charge < -0.3 is 9.47 Å². The molecule has 44 heavy (non-hydrogen) atoms. The number of benzene rings is 4. The van der Waals surface area contributed by atoms with Gasteiger partial charge in [-0.3, -0.25) is 4.79 Å². The van der Waals surface area contributed by atoms with E-state index in [1.165, 1.54) is 4.68 Å². The normalized spacial score (nSPS) is 11.6. The van der Waals surface area contributed by atoms with Gasteiger partial charge in [-0.1, -0.05) is 55.2 Å². The van der Waals surface area contributed by atoms with Gasteiger partial charge in [-0.2, -0.15) is 9.78 Å². The van der Waals surface area contributed by atoms with Crippen LogP contribution in [0.25, 0.3) is 22.3 Å². The van der Waals surface area contributed by atoms with Gasteiger partial charge in [0.05, 0.1) is 42.7 Å². The van der Waals surface area contributed by atoms with Crippen LogP contribution in [0.3, 0.4) is 0 Å². The first-order valence-electron chi connectivity index (χ1n) is 14.0. The van der Waals surface area contributed by atoms with Crippen LogP contribution in [0, 0.1) is 6.92 Å². The van der Waals surface area contributed by atoms with Gasteiger partial charge in [-0.15, -0.1) is 0 Å². The van der Waals surface area contributed by atoms with E-state index in [0.29, 0.717) is 54.7 Å². The minimum Gasteiger partial charge on any atom is -0.494 e. The van der Waals surface area contributed by atoms with Gasteiger partial charge in [-0.05, 0) is 122 Å². The van der Waals surface area contributed by atoms with E-state index in [4.69, 9.17) is 37.7 Å². The third-order valence-corrected chi connectivity index (χ3v) is 8.90. The second-order valence-electron chi connectivity index (χ2n) is 10.5. The molecule has 0 saturated heterocycles. The molecule has 0 fully saturated rings. The van der Waals surface area contributed by atoms with E-state index in [1.807, 2.05) is 56.3 Å². The summed E-state index contributed by atoms with van der Waals surface area (Å²) in [5, 5.41) is 6.11. The van der Waals surface area contributed by atoms with Crippen LogP contribution in [0.4, 0.5) is 0 Å². The third kappa shape index (κ3) is 6.89. The number of halogens is 4. The lowest BCUT2D eigenvalue weighted by atomic mass is 9.96. The molecule has 10 heteroatoms. The van der Waals surface area contributed by atoms with Crippen molar-refractivity contribution in [3.05, 3.63) is 118 Å². The van der Waals surface area contributed by atoms with Gasteiger partial charge in [0.2, 0.25) is 0 Å². The average molecular weight is 758 g/mol. The molecule has 0 spiro atoms. The summed E-state index contributed by atoms with van der Waals surface area (Å²) in [5.74, 6) is 2.10. The SMILES string of the molecule is CCOc1cc(C)c(-c2nc3ccccc3c(=O)n2N=Cc2cc(Br)c(OCc3ccc(Cl)c(Cl)c3)c(Br)c2)cc1C(C)C. The first kappa shape index (κ1) is 32.2. The van der Waals surface area contributed by atoms with Crippen LogP contribution in [-0.4, -0.2) is 22.5 Å². The Hall–Kier alpha value is -3.17. The molecule has 0 atom stereocenters. The fourth-order valence-corrected chi connectivity index (χ4v) is 6.55. The highest BCUT2D eigenvalue weighted by Crippen LogP contribution is 2.36. The molecule has 226 valence electrons. The van der Waals surface area contributed by atoms with Crippen molar-refractivity contribution < 1.29 is 9.47 Å². The second-order valence-corrected chi connectivity index (χ2v) is 13.0. The van der Waals surface area contributed by atoms with E-state index in [2.05, 4.69) is 56.9 Å². The van der Waals surface area contributed by atoms with E-state index < -0.39 is 0 Å². The van der Waals surface area contributed by atoms with Crippen LogP contribution in [0.15, 0.2) is 85.6 Å². The summed E-state index contributed by atoms with van der Waals surface area (Å²) in [6.07, 6.45) is 1.63. The molecule has 0 bridgehead atoms. The minimum atomic E-state index is -0.263. The fourth-order valence-electron chi connectivity index (χ4n) is 4.78. The molecular weight excluding hydrogens is 729 g/mol. The van der Waals surface area contributed by atoms with Gasteiger partial charge in [0, 0.05) is 5.56 Å². The number of nitrogens with zero attached hydrogens (tertiary/aromatic N) is 3. The molecule has 5 aromatic rings. The maximum atomic E-state index is 13.8. The summed E-state index contributed by atoms with van der Waals surface area (Å²) in [6.45, 7) is 9.04. The standard InChI is InChI=1S/C34H29Br2Cl2N3O3/c1-5-43-31-12-20(4)25(16-24(31)19(2)3)33-40-30-9-7-6-8-23(30)34(42)41(33)39-17-22-13-26(35)32(27(36)14-22)44-18-21-10-11-28(37)29(38)15-21/h6-17,19H,5,18H2,1-4H3. The number of aryl methyl sites for hydroxylation is 1. The lowest BCUT2D eigenvalue weighted by molar-refractivity contribution is 0.302. The molecule has 4 aromatic carbocycles. The monoisotopic (exact) mass is 755 g/mol. The molecule has 0 aliphatic rings. The predicted octanol–water partition coefficient (Wildman–Crippen LogP) is 10.2. The predicted molar refractivity (Wildman–Crippen MR) is 187 cm³/mol. The molecule has 0 saturated carbocycles. The van der Waals surface area contributed by atoms with E-state index in [-0.39, 0.29) is 11.5 Å². The molecule has 6 nitrogen and oxygen atoms in total. The molecule has 0 unspecified atom stereocenters. The summed E-state index contributed by atoms with van der Waals surface area (Å²) in [6, 6.07) is 20.5. The number of ether oxygens (including phenoxy) is 2. The van der Waals surface area contributed by atoms with Gasteiger partial charge in [0.25, 0.3) is 5.56 Å². The third-order valence-electron chi connectivity index (χ3n) is 6.98. The Kier molecular flexibility index (Phi) is 10.2. The molecule has 0 amide bonds. The van der Waals surface area contributed by atoms with Crippen LogP contribution >= 0.6 is 55.1 Å². The van der Waals surface area contributed by atoms with Crippen LogP contribution < -0.4 is 15.0 Å². The first-order chi connectivity index (χ1) is 21.1. The summed E-state index contributed by atoms with van der Waals surface area (Å²) < 4.78 is 14.8. The van der Waals surface area contributed by atoms with E-state index >= 15 is 0 Å². The zero-order valence-corrected chi connectivity index (χ0v) is 29.2. The largest absolute Gasteiger partial charge is 0.494 e. The van der Waals surface area contributed by atoms with Crippen molar-refractivity contribution in [2.24, 2.45) is 5.10 Å². The van der Waals surface area contributed by atoms with Crippen molar-refractivity contribution in [3.8, 4) is 22.9 Å². The Morgan fingerprint density at radius 1 is 0.977 bits per heavy atom. The zero-order chi connectivity index (χ0) is 31.5. The maximum Gasteiger partial charge on any atom is 0.282 e. The summed E-state index contributed by atoms with van der Waals surface area (Å²) >= 11 is 19.4. The van der Waals surface area contributed by atoms with Crippen LogP contribution in [-0.2, 0) is 6.61 Å². The highest BCUT2D eigenvalue weighted by molar-refractivity contribution is 9.11. The first-order valence-corrected chi connectivity index (χ1v) is 16.3. The number of fused-ring (bicyclic) bond motifs is 1. The van der Waals surface area contributed by atoms with E-state index in [1.54, 1.807) is 24.4 Å². The minimum absolute atomic E-state index is 0.201. The molecule has 0 N–H and O–H groups in total. The zero-order valence-electron chi connectivity index (χ0n) is 24.5. The van der Waals surface area contributed by atoms with Gasteiger partial charge >= 0.3 is 0 Å². The number of rotatable bonds is 9. The Morgan fingerprint density at radius 3 is 2.39 bits per heavy atom. The summed E-state index contributed by atoms with van der Waals surface area (Å²) in [4.78, 5) is 18.7. The lowest BCUT2D eigenvalue weighted by Crippen LogP contribution is -2.21. The van der Waals surface area contributed by atoms with E-state index in [9.17, 15) is 4.79 Å². The van der Waals surface area contributed by atoms with Crippen molar-refractivity contribution in [2.75, 3.05) is 6.61 Å². The van der Waals surface area contributed by atoms with Gasteiger partial charge in [-0.25, -0.2) is 4.98 Å². The molecule has 0 aliphatic heterocycles. The fraction of sp³-hybridized carbons (Fsp3) is 0.206. The molecular formula is C34H29Br2Cl2N3O3. The highest BCUT2D eigenvalue weighted by atomic mass is 79.9. The molecule has 0 radical (unpaired) electrons. The van der Waals surface area contributed by atoms with E-state index in [0.717, 1.165) is 33.6 Å². The number of hydrogen-bond acceptors (Lipinski definition) is 5. The molecule has 1 aromatic heterocycles. The highest BCUT2D eigenvalue weighted by Gasteiger charge is 2.19. The molecule has 1 heterocycles. The van der Waals surface area contributed by atoms with Crippen molar-refractivity contribution in [1.29, 1.82) is 0 Å². The Morgan fingerprint density at radius 2 is 1.70 bits per heavy atom.